The van der Waals surface area contributed by atoms with Gasteiger partial charge in [0.2, 0.25) is 0 Å². The minimum atomic E-state index is -0.375. The van der Waals surface area contributed by atoms with Gasteiger partial charge in [-0.3, -0.25) is 9.18 Å². The first kappa shape index (κ1) is 15.8. The lowest BCUT2D eigenvalue weighted by molar-refractivity contribution is 0.104. The van der Waals surface area contributed by atoms with Crippen LogP contribution in [0.25, 0.3) is 0 Å². The highest BCUT2D eigenvalue weighted by molar-refractivity contribution is 6.04. The van der Waals surface area contributed by atoms with E-state index in [1.165, 1.54) is 6.08 Å². The van der Waals surface area contributed by atoms with Gasteiger partial charge < -0.3 is 10.1 Å². The van der Waals surface area contributed by atoms with Crippen LogP contribution in [-0.4, -0.2) is 19.1 Å². The standard InChI is InChI=1S/C18H18FNO2/c19-12-4-14-22-17-9-7-16(8-10-17)20-13-11-18(21)15-5-2-1-3-6-15/h1-3,5-11,13,20H,4,12,14H2/b13-11-. The van der Waals surface area contributed by atoms with Crippen molar-refractivity contribution in [3.8, 4) is 5.75 Å². The first-order chi connectivity index (χ1) is 10.8. The number of rotatable bonds is 8. The van der Waals surface area contributed by atoms with Crippen LogP contribution < -0.4 is 10.1 Å². The van der Waals surface area contributed by atoms with Gasteiger partial charge in [-0.2, -0.15) is 0 Å². The fourth-order valence-electron chi connectivity index (χ4n) is 1.80. The molecule has 0 aliphatic rings. The SMILES string of the molecule is O=C(/C=C\Nc1ccc(OCCCF)cc1)c1ccccc1. The van der Waals surface area contributed by atoms with E-state index in [-0.39, 0.29) is 12.5 Å². The second-order valence-electron chi connectivity index (χ2n) is 4.62. The van der Waals surface area contributed by atoms with Crippen molar-refractivity contribution in [1.29, 1.82) is 0 Å². The summed E-state index contributed by atoms with van der Waals surface area (Å²) in [4.78, 5) is 11.9. The average molecular weight is 299 g/mol. The third kappa shape index (κ3) is 5.05. The molecule has 0 aliphatic carbocycles. The second-order valence-corrected chi connectivity index (χ2v) is 4.62. The van der Waals surface area contributed by atoms with Crippen LogP contribution in [0.3, 0.4) is 0 Å². The van der Waals surface area contributed by atoms with Crippen molar-refractivity contribution in [3.05, 3.63) is 72.4 Å². The number of carbonyl (C=O) groups is 1. The van der Waals surface area contributed by atoms with Crippen molar-refractivity contribution in [2.75, 3.05) is 18.6 Å². The Morgan fingerprint density at radius 1 is 1.09 bits per heavy atom. The number of hydrogen-bond donors (Lipinski definition) is 1. The molecule has 0 aliphatic heterocycles. The molecule has 1 N–H and O–H groups in total. The third-order valence-corrected chi connectivity index (χ3v) is 2.94. The molecule has 0 radical (unpaired) electrons. The smallest absolute Gasteiger partial charge is 0.187 e. The molecule has 0 heterocycles. The van der Waals surface area contributed by atoms with Crippen molar-refractivity contribution >= 4 is 11.5 Å². The van der Waals surface area contributed by atoms with Crippen LogP contribution in [0.1, 0.15) is 16.8 Å². The maximum Gasteiger partial charge on any atom is 0.187 e. The number of nitrogens with one attached hydrogen (secondary N) is 1. The summed E-state index contributed by atoms with van der Waals surface area (Å²) in [6, 6.07) is 16.3. The molecule has 0 bridgehead atoms. The zero-order valence-corrected chi connectivity index (χ0v) is 12.2. The van der Waals surface area contributed by atoms with Crippen molar-refractivity contribution in [2.24, 2.45) is 0 Å². The number of halogens is 1. The molecule has 0 saturated carbocycles. The predicted octanol–water partition coefficient (Wildman–Crippen LogP) is 4.23. The first-order valence-electron chi connectivity index (χ1n) is 7.11. The molecule has 3 nitrogen and oxygen atoms in total. The Labute approximate surface area is 129 Å². The summed E-state index contributed by atoms with van der Waals surface area (Å²) in [7, 11) is 0. The highest BCUT2D eigenvalue weighted by atomic mass is 19.1. The molecular weight excluding hydrogens is 281 g/mol. The van der Waals surface area contributed by atoms with E-state index < -0.39 is 0 Å². The fourth-order valence-corrected chi connectivity index (χ4v) is 1.80. The predicted molar refractivity (Wildman–Crippen MR) is 86.1 cm³/mol. The van der Waals surface area contributed by atoms with E-state index in [2.05, 4.69) is 5.32 Å². The molecule has 0 spiro atoms. The van der Waals surface area contributed by atoms with Crippen molar-refractivity contribution in [3.63, 3.8) is 0 Å². The molecule has 0 aromatic heterocycles. The van der Waals surface area contributed by atoms with Gasteiger partial charge in [0.25, 0.3) is 0 Å². The molecule has 4 heteroatoms. The summed E-state index contributed by atoms with van der Waals surface area (Å²) in [5.41, 5.74) is 1.49. The lowest BCUT2D eigenvalue weighted by Gasteiger charge is -2.06. The highest BCUT2D eigenvalue weighted by Crippen LogP contribution is 2.16. The second kappa shape index (κ2) is 8.62. The Morgan fingerprint density at radius 3 is 2.50 bits per heavy atom. The third-order valence-electron chi connectivity index (χ3n) is 2.94. The fraction of sp³-hybridized carbons (Fsp3) is 0.167. The maximum atomic E-state index is 12.0. The number of allylic oxidation sites excluding steroid dienone is 1. The van der Waals surface area contributed by atoms with Gasteiger partial charge in [0.05, 0.1) is 13.3 Å². The van der Waals surface area contributed by atoms with E-state index in [9.17, 15) is 9.18 Å². The number of ether oxygens (including phenoxy) is 1. The number of ketones is 1. The summed E-state index contributed by atoms with van der Waals surface area (Å²) in [5.74, 6) is 0.641. The van der Waals surface area contributed by atoms with E-state index in [1.54, 1.807) is 30.5 Å². The molecule has 2 aromatic carbocycles. The van der Waals surface area contributed by atoms with Crippen LogP contribution in [0.2, 0.25) is 0 Å². The van der Waals surface area contributed by atoms with Crippen molar-refractivity contribution in [2.45, 2.75) is 6.42 Å². The largest absolute Gasteiger partial charge is 0.493 e. The Morgan fingerprint density at radius 2 is 1.82 bits per heavy atom. The molecular formula is C18H18FNO2. The van der Waals surface area contributed by atoms with Gasteiger partial charge in [0, 0.05) is 29.9 Å². The maximum absolute atomic E-state index is 12.0. The van der Waals surface area contributed by atoms with Crippen molar-refractivity contribution < 1.29 is 13.9 Å². The molecule has 0 saturated heterocycles. The van der Waals surface area contributed by atoms with E-state index >= 15 is 0 Å². The minimum Gasteiger partial charge on any atom is -0.493 e. The Hall–Kier alpha value is -2.62. The van der Waals surface area contributed by atoms with Crippen LogP contribution >= 0.6 is 0 Å². The van der Waals surface area contributed by atoms with E-state index in [1.807, 2.05) is 30.3 Å². The van der Waals surface area contributed by atoms with Crippen LogP contribution in [0.4, 0.5) is 10.1 Å². The van der Waals surface area contributed by atoms with Crippen molar-refractivity contribution in [1.82, 2.24) is 0 Å². The number of carbonyl (C=O) groups excluding carboxylic acids is 1. The zero-order chi connectivity index (χ0) is 15.6. The molecule has 2 rings (SSSR count). The normalized spacial score (nSPS) is 10.6. The van der Waals surface area contributed by atoms with Gasteiger partial charge in [0.1, 0.15) is 5.75 Å². The van der Waals surface area contributed by atoms with Gasteiger partial charge in [-0.05, 0) is 24.3 Å². The van der Waals surface area contributed by atoms with Crippen LogP contribution in [0.5, 0.6) is 5.75 Å². The molecule has 0 atom stereocenters. The summed E-state index contributed by atoms with van der Waals surface area (Å²) in [6.45, 7) is -0.00533. The number of alkyl halides is 1. The number of benzene rings is 2. The molecule has 114 valence electrons. The number of hydrogen-bond acceptors (Lipinski definition) is 3. The molecule has 2 aromatic rings. The summed E-state index contributed by atoms with van der Waals surface area (Å²) < 4.78 is 17.3. The van der Waals surface area contributed by atoms with Gasteiger partial charge in [-0.15, -0.1) is 0 Å². The Balaban J connectivity index is 1.83. The Bertz CT molecular complexity index is 609. The van der Waals surface area contributed by atoms with Gasteiger partial charge in [-0.25, -0.2) is 0 Å². The summed E-state index contributed by atoms with van der Waals surface area (Å²) in [6.07, 6.45) is 3.49. The summed E-state index contributed by atoms with van der Waals surface area (Å²) in [5, 5.41) is 3.02. The molecule has 0 fully saturated rings. The van der Waals surface area contributed by atoms with E-state index in [0.29, 0.717) is 24.3 Å². The van der Waals surface area contributed by atoms with E-state index in [0.717, 1.165) is 5.69 Å². The first-order valence-corrected chi connectivity index (χ1v) is 7.11. The van der Waals surface area contributed by atoms with Crippen LogP contribution in [0.15, 0.2) is 66.9 Å². The van der Waals surface area contributed by atoms with Crippen LogP contribution in [0, 0.1) is 0 Å². The van der Waals surface area contributed by atoms with Crippen LogP contribution in [-0.2, 0) is 0 Å². The monoisotopic (exact) mass is 299 g/mol. The molecule has 22 heavy (non-hydrogen) atoms. The minimum absolute atomic E-state index is 0.0562. The highest BCUT2D eigenvalue weighted by Gasteiger charge is 1.99. The van der Waals surface area contributed by atoms with Gasteiger partial charge in [-0.1, -0.05) is 30.3 Å². The van der Waals surface area contributed by atoms with E-state index in [4.69, 9.17) is 4.74 Å². The Kier molecular flexibility index (Phi) is 6.18. The van der Waals surface area contributed by atoms with Gasteiger partial charge >= 0.3 is 0 Å². The zero-order valence-electron chi connectivity index (χ0n) is 12.2. The quantitative estimate of drug-likeness (QED) is 0.450. The molecule has 0 unspecified atom stereocenters. The summed E-state index contributed by atoms with van der Waals surface area (Å²) >= 11 is 0. The van der Waals surface area contributed by atoms with Gasteiger partial charge in [0.15, 0.2) is 5.78 Å². The molecule has 0 amide bonds. The topological polar surface area (TPSA) is 38.3 Å². The lowest BCUT2D eigenvalue weighted by atomic mass is 10.1. The number of anilines is 1. The lowest BCUT2D eigenvalue weighted by Crippen LogP contribution is -1.98. The average Bonchev–Trinajstić information content (AvgIpc) is 2.57.